The summed E-state index contributed by atoms with van der Waals surface area (Å²) in [6.07, 6.45) is 1.86. The first-order valence-electron chi connectivity index (χ1n) is 6.73. The molecule has 2 aromatic carbocycles. The Bertz CT molecular complexity index is 905. The Kier molecular flexibility index (Phi) is 2.36. The van der Waals surface area contributed by atoms with Crippen LogP contribution >= 0.6 is 0 Å². The van der Waals surface area contributed by atoms with Crippen molar-refractivity contribution in [1.82, 2.24) is 9.55 Å². The molecule has 96 valence electrons. The first-order valence-corrected chi connectivity index (χ1v) is 6.73. The predicted molar refractivity (Wildman–Crippen MR) is 83.7 cm³/mol. The van der Waals surface area contributed by atoms with Crippen molar-refractivity contribution in [2.75, 3.05) is 0 Å². The van der Waals surface area contributed by atoms with Crippen LogP contribution in [0.5, 0.6) is 0 Å². The average molecular weight is 258 g/mol. The van der Waals surface area contributed by atoms with Gasteiger partial charge in [0.25, 0.3) is 0 Å². The molecule has 2 aromatic heterocycles. The summed E-state index contributed by atoms with van der Waals surface area (Å²) in [7, 11) is 2.09. The molecule has 0 saturated heterocycles. The maximum absolute atomic E-state index is 4.54. The minimum atomic E-state index is 1.07. The van der Waals surface area contributed by atoms with Crippen molar-refractivity contribution in [3.63, 3.8) is 0 Å². The maximum Gasteiger partial charge on any atom is 0.0959 e. The summed E-state index contributed by atoms with van der Waals surface area (Å²) in [5.41, 5.74) is 5.94. The zero-order chi connectivity index (χ0) is 13.5. The third kappa shape index (κ3) is 1.55. The molecule has 0 atom stereocenters. The van der Waals surface area contributed by atoms with Crippen molar-refractivity contribution in [1.29, 1.82) is 0 Å². The first kappa shape index (κ1) is 11.2. The standard InChI is InChI=1S/C18H14N2/c1-20-16-10-9-14(13-6-3-2-4-7-13)12-15(16)18-17(20)8-5-11-19-18/h2-12H,1H3. The van der Waals surface area contributed by atoms with E-state index >= 15 is 0 Å². The molecule has 0 fully saturated rings. The van der Waals surface area contributed by atoms with Crippen LogP contribution in [-0.2, 0) is 7.05 Å². The maximum atomic E-state index is 4.54. The molecule has 0 saturated carbocycles. The van der Waals surface area contributed by atoms with Gasteiger partial charge in [-0.05, 0) is 35.4 Å². The van der Waals surface area contributed by atoms with Gasteiger partial charge in [0, 0.05) is 18.6 Å². The number of aromatic nitrogens is 2. The van der Waals surface area contributed by atoms with E-state index in [9.17, 15) is 0 Å². The lowest BCUT2D eigenvalue weighted by Crippen LogP contribution is -1.86. The van der Waals surface area contributed by atoms with Crippen molar-refractivity contribution in [3.8, 4) is 11.1 Å². The van der Waals surface area contributed by atoms with E-state index in [1.807, 2.05) is 18.3 Å². The van der Waals surface area contributed by atoms with Crippen molar-refractivity contribution in [2.24, 2.45) is 7.05 Å². The van der Waals surface area contributed by atoms with Crippen molar-refractivity contribution in [3.05, 3.63) is 66.9 Å². The number of benzene rings is 2. The summed E-state index contributed by atoms with van der Waals surface area (Å²) in [5.74, 6) is 0. The van der Waals surface area contributed by atoms with Gasteiger partial charge in [-0.3, -0.25) is 4.98 Å². The fraction of sp³-hybridized carbons (Fsp3) is 0.0556. The molecule has 0 N–H and O–H groups in total. The van der Waals surface area contributed by atoms with Gasteiger partial charge in [0.15, 0.2) is 0 Å². The normalized spacial score (nSPS) is 11.2. The largest absolute Gasteiger partial charge is 0.342 e. The SMILES string of the molecule is Cn1c2ccc(-c3ccccc3)cc2c2ncccc21. The molecule has 0 radical (unpaired) electrons. The third-order valence-electron chi connectivity index (χ3n) is 3.87. The quantitative estimate of drug-likeness (QED) is 0.495. The molecule has 2 heterocycles. The van der Waals surface area contributed by atoms with Gasteiger partial charge in [0.2, 0.25) is 0 Å². The van der Waals surface area contributed by atoms with Gasteiger partial charge in [0.1, 0.15) is 0 Å². The van der Waals surface area contributed by atoms with E-state index < -0.39 is 0 Å². The Morgan fingerprint density at radius 1 is 0.800 bits per heavy atom. The van der Waals surface area contributed by atoms with E-state index in [0.29, 0.717) is 0 Å². The van der Waals surface area contributed by atoms with Gasteiger partial charge in [-0.15, -0.1) is 0 Å². The fourth-order valence-corrected chi connectivity index (χ4v) is 2.83. The van der Waals surface area contributed by atoms with Crippen LogP contribution in [0, 0.1) is 0 Å². The molecular formula is C18H14N2. The summed E-state index contributed by atoms with van der Waals surface area (Å²) < 4.78 is 2.20. The van der Waals surface area contributed by atoms with Crippen LogP contribution in [-0.4, -0.2) is 9.55 Å². The fourth-order valence-electron chi connectivity index (χ4n) is 2.83. The highest BCUT2D eigenvalue weighted by Gasteiger charge is 2.09. The summed E-state index contributed by atoms with van der Waals surface area (Å²) in [5, 5.41) is 1.21. The van der Waals surface area contributed by atoms with Gasteiger partial charge < -0.3 is 4.57 Å². The predicted octanol–water partition coefficient (Wildman–Crippen LogP) is 4.39. The highest BCUT2D eigenvalue weighted by atomic mass is 15.0. The number of hydrogen-bond acceptors (Lipinski definition) is 1. The second kappa shape index (κ2) is 4.20. The van der Waals surface area contributed by atoms with Crippen molar-refractivity contribution < 1.29 is 0 Å². The van der Waals surface area contributed by atoms with Crippen LogP contribution in [0.1, 0.15) is 0 Å². The monoisotopic (exact) mass is 258 g/mol. The van der Waals surface area contributed by atoms with E-state index in [1.54, 1.807) is 0 Å². The second-order valence-electron chi connectivity index (χ2n) is 5.03. The van der Waals surface area contributed by atoms with Crippen molar-refractivity contribution in [2.45, 2.75) is 0 Å². The zero-order valence-corrected chi connectivity index (χ0v) is 11.2. The van der Waals surface area contributed by atoms with Crippen LogP contribution in [0.3, 0.4) is 0 Å². The number of nitrogens with zero attached hydrogens (tertiary/aromatic N) is 2. The molecule has 0 bridgehead atoms. The minimum Gasteiger partial charge on any atom is -0.342 e. The molecule has 2 heteroatoms. The lowest BCUT2D eigenvalue weighted by molar-refractivity contribution is 1.01. The minimum absolute atomic E-state index is 1.07. The van der Waals surface area contributed by atoms with Gasteiger partial charge in [-0.2, -0.15) is 0 Å². The molecule has 4 rings (SSSR count). The van der Waals surface area contributed by atoms with Gasteiger partial charge in [0.05, 0.1) is 16.6 Å². The average Bonchev–Trinajstić information content (AvgIpc) is 2.81. The Hall–Kier alpha value is -2.61. The number of hydrogen-bond donors (Lipinski definition) is 0. The molecule has 0 unspecified atom stereocenters. The summed E-state index contributed by atoms with van der Waals surface area (Å²) >= 11 is 0. The smallest absolute Gasteiger partial charge is 0.0959 e. The van der Waals surface area contributed by atoms with Crippen LogP contribution in [0.25, 0.3) is 33.1 Å². The van der Waals surface area contributed by atoms with Gasteiger partial charge >= 0.3 is 0 Å². The topological polar surface area (TPSA) is 17.8 Å². The van der Waals surface area contributed by atoms with Crippen LogP contribution in [0.4, 0.5) is 0 Å². The summed E-state index contributed by atoms with van der Waals surface area (Å²) in [6, 6.07) is 21.2. The molecule has 0 aliphatic rings. The van der Waals surface area contributed by atoms with Crippen LogP contribution in [0.2, 0.25) is 0 Å². The van der Waals surface area contributed by atoms with E-state index in [2.05, 4.69) is 65.1 Å². The third-order valence-corrected chi connectivity index (χ3v) is 3.87. The lowest BCUT2D eigenvalue weighted by atomic mass is 10.0. The molecule has 20 heavy (non-hydrogen) atoms. The molecule has 2 nitrogen and oxygen atoms in total. The number of pyridine rings is 1. The Morgan fingerprint density at radius 3 is 2.50 bits per heavy atom. The Balaban J connectivity index is 2.07. The molecular weight excluding hydrogens is 244 g/mol. The zero-order valence-electron chi connectivity index (χ0n) is 11.2. The van der Waals surface area contributed by atoms with Gasteiger partial charge in [-0.25, -0.2) is 0 Å². The lowest BCUT2D eigenvalue weighted by Gasteiger charge is -2.02. The molecule has 4 aromatic rings. The van der Waals surface area contributed by atoms with E-state index in [-0.39, 0.29) is 0 Å². The van der Waals surface area contributed by atoms with Crippen molar-refractivity contribution >= 4 is 21.9 Å². The Labute approximate surface area is 117 Å². The highest BCUT2D eigenvalue weighted by Crippen LogP contribution is 2.30. The van der Waals surface area contributed by atoms with E-state index in [0.717, 1.165) is 5.52 Å². The number of aryl methyl sites for hydroxylation is 1. The summed E-state index contributed by atoms with van der Waals surface area (Å²) in [6.45, 7) is 0. The van der Waals surface area contributed by atoms with Crippen LogP contribution in [0.15, 0.2) is 66.9 Å². The summed E-state index contributed by atoms with van der Waals surface area (Å²) in [4.78, 5) is 4.54. The highest BCUT2D eigenvalue weighted by molar-refractivity contribution is 6.06. The van der Waals surface area contributed by atoms with E-state index in [4.69, 9.17) is 0 Å². The van der Waals surface area contributed by atoms with Crippen LogP contribution < -0.4 is 0 Å². The first-order chi connectivity index (χ1) is 9.84. The molecule has 0 aliphatic heterocycles. The molecule has 0 amide bonds. The number of rotatable bonds is 1. The van der Waals surface area contributed by atoms with Gasteiger partial charge in [-0.1, -0.05) is 36.4 Å². The molecule has 0 spiro atoms. The Morgan fingerprint density at radius 2 is 1.65 bits per heavy atom. The second-order valence-corrected chi connectivity index (χ2v) is 5.03. The number of fused-ring (bicyclic) bond motifs is 3. The molecule has 0 aliphatic carbocycles. The van der Waals surface area contributed by atoms with E-state index in [1.165, 1.54) is 27.5 Å².